The second-order valence-electron chi connectivity index (χ2n) is 5.43. The van der Waals surface area contributed by atoms with Crippen LogP contribution in [0.25, 0.3) is 11.3 Å². The molecule has 2 N–H and O–H groups in total. The summed E-state index contributed by atoms with van der Waals surface area (Å²) in [6.07, 6.45) is 0.217. The highest BCUT2D eigenvalue weighted by Gasteiger charge is 2.19. The van der Waals surface area contributed by atoms with Crippen LogP contribution in [0.5, 0.6) is 5.75 Å². The zero-order valence-electron chi connectivity index (χ0n) is 13.6. The Morgan fingerprint density at radius 2 is 1.93 bits per heavy atom. The maximum absolute atomic E-state index is 14.1. The van der Waals surface area contributed by atoms with Crippen LogP contribution in [0.15, 0.2) is 45.5 Å². The Kier molecular flexibility index (Phi) is 5.76. The van der Waals surface area contributed by atoms with Gasteiger partial charge >= 0.3 is 0 Å². The molecule has 0 saturated carbocycles. The zero-order valence-corrected chi connectivity index (χ0v) is 16.0. The number of rotatable bonds is 6. The molecule has 2 aromatic carbocycles. The molecule has 9 heteroatoms. The predicted octanol–water partition coefficient (Wildman–Crippen LogP) is 4.76. The molecule has 0 atom stereocenters. The van der Waals surface area contributed by atoms with Crippen molar-refractivity contribution in [2.75, 3.05) is 6.61 Å². The van der Waals surface area contributed by atoms with E-state index in [4.69, 9.17) is 26.5 Å². The van der Waals surface area contributed by atoms with Gasteiger partial charge in [0, 0.05) is 10.6 Å². The molecule has 0 aliphatic heterocycles. The van der Waals surface area contributed by atoms with Gasteiger partial charge in [0.05, 0.1) is 13.0 Å². The Bertz CT molecular complexity index is 993. The Labute approximate surface area is 166 Å². The first-order valence-corrected chi connectivity index (χ1v) is 8.85. The summed E-state index contributed by atoms with van der Waals surface area (Å²) in [5.74, 6) is -3.33. The number of aromatic nitrogens is 1. The van der Waals surface area contributed by atoms with Crippen molar-refractivity contribution >= 4 is 33.4 Å². The van der Waals surface area contributed by atoms with E-state index in [1.807, 2.05) is 0 Å². The Morgan fingerprint density at radius 3 is 2.59 bits per heavy atom. The molecular formula is C18H12BrClF2N2O3. The fourth-order valence-corrected chi connectivity index (χ4v) is 2.99. The number of nitrogens with zero attached hydrogens (tertiary/aromatic N) is 1. The fourth-order valence-electron chi connectivity index (χ4n) is 2.35. The molecular weight excluding hydrogens is 446 g/mol. The molecule has 5 nitrogen and oxygen atoms in total. The van der Waals surface area contributed by atoms with Crippen LogP contribution >= 0.6 is 27.5 Å². The zero-order chi connectivity index (χ0) is 19.6. The van der Waals surface area contributed by atoms with Gasteiger partial charge in [-0.15, -0.1) is 0 Å². The minimum Gasteiger partial charge on any atom is -0.490 e. The molecule has 0 aliphatic rings. The Morgan fingerprint density at radius 1 is 1.22 bits per heavy atom. The van der Waals surface area contributed by atoms with E-state index < -0.39 is 23.1 Å². The summed E-state index contributed by atoms with van der Waals surface area (Å²) < 4.78 is 38.8. The summed E-state index contributed by atoms with van der Waals surface area (Å²) in [7, 11) is 0. The van der Waals surface area contributed by atoms with E-state index in [1.54, 1.807) is 24.3 Å². The number of hydrogen-bond donors (Lipinski definition) is 1. The van der Waals surface area contributed by atoms with Crippen LogP contribution < -0.4 is 10.5 Å². The van der Waals surface area contributed by atoms with Gasteiger partial charge in [0.25, 0.3) is 5.91 Å². The molecule has 1 heterocycles. The quantitative estimate of drug-likeness (QED) is 0.579. The smallest absolute Gasteiger partial charge is 0.254 e. The SMILES string of the molecule is NC(=O)c1c(F)ccc(OCCc2nc(-c3ccc(Cl)cc3)c(Br)o2)c1F. The van der Waals surface area contributed by atoms with E-state index >= 15 is 0 Å². The van der Waals surface area contributed by atoms with Crippen LogP contribution in [-0.4, -0.2) is 17.5 Å². The predicted molar refractivity (Wildman–Crippen MR) is 98.7 cm³/mol. The first-order valence-electron chi connectivity index (χ1n) is 7.68. The first kappa shape index (κ1) is 19.3. The third-order valence-corrected chi connectivity index (χ3v) is 4.41. The number of ether oxygens (including phenoxy) is 1. The standard InChI is InChI=1S/C18H12BrClF2N2O3/c19-17-16(9-1-3-10(20)4-2-9)24-13(27-17)7-8-26-12-6-5-11(21)14(15(12)22)18(23)25/h1-6H,7-8H2,(H2,23,25). The second kappa shape index (κ2) is 8.06. The highest BCUT2D eigenvalue weighted by molar-refractivity contribution is 9.10. The van der Waals surface area contributed by atoms with Crippen molar-refractivity contribution in [3.63, 3.8) is 0 Å². The second-order valence-corrected chi connectivity index (χ2v) is 6.59. The van der Waals surface area contributed by atoms with Crippen LogP contribution in [-0.2, 0) is 6.42 Å². The fraction of sp³-hybridized carbons (Fsp3) is 0.111. The number of hydrogen-bond acceptors (Lipinski definition) is 4. The van der Waals surface area contributed by atoms with Gasteiger partial charge in [-0.1, -0.05) is 23.7 Å². The van der Waals surface area contributed by atoms with Crippen LogP contribution in [0.4, 0.5) is 8.78 Å². The van der Waals surface area contributed by atoms with Crippen LogP contribution in [0.2, 0.25) is 5.02 Å². The molecule has 0 fully saturated rings. The first-order chi connectivity index (χ1) is 12.9. The Balaban J connectivity index is 1.70. The molecule has 0 bridgehead atoms. The van der Waals surface area contributed by atoms with Gasteiger partial charge in [-0.05, 0) is 40.2 Å². The van der Waals surface area contributed by atoms with Crippen LogP contribution in [0, 0.1) is 11.6 Å². The monoisotopic (exact) mass is 456 g/mol. The number of halogens is 4. The van der Waals surface area contributed by atoms with E-state index in [-0.39, 0.29) is 18.8 Å². The Hall–Kier alpha value is -2.45. The molecule has 27 heavy (non-hydrogen) atoms. The van der Waals surface area contributed by atoms with E-state index in [0.29, 0.717) is 21.3 Å². The highest BCUT2D eigenvalue weighted by Crippen LogP contribution is 2.30. The number of carbonyl (C=O) groups excluding carboxylic acids is 1. The number of amides is 1. The summed E-state index contributed by atoms with van der Waals surface area (Å²) >= 11 is 9.17. The van der Waals surface area contributed by atoms with Crippen molar-refractivity contribution in [1.29, 1.82) is 0 Å². The van der Waals surface area contributed by atoms with Gasteiger partial charge in [-0.2, -0.15) is 0 Å². The van der Waals surface area contributed by atoms with Crippen molar-refractivity contribution in [2.24, 2.45) is 5.73 Å². The minimum absolute atomic E-state index is 0.00619. The lowest BCUT2D eigenvalue weighted by atomic mass is 10.1. The summed E-state index contributed by atoms with van der Waals surface area (Å²) in [6, 6.07) is 9.05. The van der Waals surface area contributed by atoms with E-state index in [2.05, 4.69) is 20.9 Å². The average molecular weight is 458 g/mol. The number of nitrogens with two attached hydrogens (primary N) is 1. The van der Waals surface area contributed by atoms with E-state index in [1.165, 1.54) is 0 Å². The highest BCUT2D eigenvalue weighted by atomic mass is 79.9. The van der Waals surface area contributed by atoms with Gasteiger partial charge in [0.1, 0.15) is 17.1 Å². The third-order valence-electron chi connectivity index (χ3n) is 3.62. The van der Waals surface area contributed by atoms with Gasteiger partial charge in [0.2, 0.25) is 0 Å². The molecule has 3 rings (SSSR count). The van der Waals surface area contributed by atoms with Crippen molar-refractivity contribution in [2.45, 2.75) is 6.42 Å². The lowest BCUT2D eigenvalue weighted by Gasteiger charge is -2.08. The van der Waals surface area contributed by atoms with Gasteiger partial charge in [-0.25, -0.2) is 13.8 Å². The largest absolute Gasteiger partial charge is 0.490 e. The molecule has 1 aromatic heterocycles. The molecule has 140 valence electrons. The number of benzene rings is 2. The number of oxazole rings is 1. The molecule has 0 saturated heterocycles. The van der Waals surface area contributed by atoms with Crippen molar-refractivity contribution < 1.29 is 22.7 Å². The molecule has 0 unspecified atom stereocenters. The maximum atomic E-state index is 14.1. The minimum atomic E-state index is -1.21. The van der Waals surface area contributed by atoms with E-state index in [0.717, 1.165) is 17.7 Å². The molecule has 0 aliphatic carbocycles. The maximum Gasteiger partial charge on any atom is 0.254 e. The van der Waals surface area contributed by atoms with Gasteiger partial charge in [-0.3, -0.25) is 4.79 Å². The average Bonchev–Trinajstić information content (AvgIpc) is 2.98. The lowest BCUT2D eigenvalue weighted by molar-refractivity contribution is 0.0991. The molecule has 1 amide bonds. The van der Waals surface area contributed by atoms with Crippen LogP contribution in [0.3, 0.4) is 0 Å². The van der Waals surface area contributed by atoms with Crippen molar-refractivity contribution in [3.05, 3.63) is 69.2 Å². The van der Waals surface area contributed by atoms with E-state index in [9.17, 15) is 13.6 Å². The molecule has 0 radical (unpaired) electrons. The third kappa shape index (κ3) is 4.28. The lowest BCUT2D eigenvalue weighted by Crippen LogP contribution is -2.16. The number of carbonyl (C=O) groups is 1. The summed E-state index contributed by atoms with van der Waals surface area (Å²) in [5.41, 5.74) is 5.53. The van der Waals surface area contributed by atoms with Crippen molar-refractivity contribution in [3.8, 4) is 17.0 Å². The summed E-state index contributed by atoms with van der Waals surface area (Å²) in [6.45, 7) is -0.00619. The van der Waals surface area contributed by atoms with Gasteiger partial charge < -0.3 is 14.9 Å². The van der Waals surface area contributed by atoms with Crippen molar-refractivity contribution in [1.82, 2.24) is 4.98 Å². The van der Waals surface area contributed by atoms with Crippen LogP contribution in [0.1, 0.15) is 16.2 Å². The number of primary amides is 1. The summed E-state index contributed by atoms with van der Waals surface area (Å²) in [5, 5.41) is 0.601. The molecule has 3 aromatic rings. The molecule has 0 spiro atoms. The summed E-state index contributed by atoms with van der Waals surface area (Å²) in [4.78, 5) is 15.5. The topological polar surface area (TPSA) is 78.4 Å². The van der Waals surface area contributed by atoms with Gasteiger partial charge in [0.15, 0.2) is 22.1 Å². The normalized spacial score (nSPS) is 10.8.